The molecule has 0 aliphatic rings. The van der Waals surface area contributed by atoms with E-state index in [-0.39, 0.29) is 12.4 Å². The number of hydrogen-bond donors (Lipinski definition) is 2. The lowest BCUT2D eigenvalue weighted by Crippen LogP contribution is -2.28. The molecule has 7 heteroatoms. The number of halogens is 4. The van der Waals surface area contributed by atoms with Gasteiger partial charge in [0.25, 0.3) is 0 Å². The van der Waals surface area contributed by atoms with Crippen LogP contribution in [-0.2, 0) is 6.54 Å². The quantitative estimate of drug-likeness (QED) is 0.726. The number of thiocarbonyl (C=S) groups is 1. The van der Waals surface area contributed by atoms with Crippen molar-refractivity contribution < 1.29 is 4.39 Å². The fourth-order valence-electron chi connectivity index (χ4n) is 1.59. The van der Waals surface area contributed by atoms with Gasteiger partial charge < -0.3 is 10.6 Å². The molecule has 0 unspecified atom stereocenters. The highest BCUT2D eigenvalue weighted by Gasteiger charge is 2.05. The summed E-state index contributed by atoms with van der Waals surface area (Å²) in [6.07, 6.45) is 0. The molecule has 0 heterocycles. The van der Waals surface area contributed by atoms with Crippen LogP contribution in [0, 0.1) is 5.82 Å². The summed E-state index contributed by atoms with van der Waals surface area (Å²) < 4.78 is 13.6. The highest BCUT2D eigenvalue weighted by Crippen LogP contribution is 2.24. The molecule has 2 aromatic carbocycles. The van der Waals surface area contributed by atoms with Crippen LogP contribution in [0.1, 0.15) is 5.56 Å². The summed E-state index contributed by atoms with van der Waals surface area (Å²) >= 11 is 22.6. The molecule has 21 heavy (non-hydrogen) atoms. The van der Waals surface area contributed by atoms with Gasteiger partial charge in [-0.1, -0.05) is 40.9 Å². The van der Waals surface area contributed by atoms with E-state index in [0.29, 0.717) is 31.4 Å². The molecular weight excluding hydrogens is 354 g/mol. The number of benzene rings is 2. The Morgan fingerprint density at radius 1 is 1.05 bits per heavy atom. The van der Waals surface area contributed by atoms with Crippen LogP contribution in [-0.4, -0.2) is 5.11 Å². The van der Waals surface area contributed by atoms with E-state index in [9.17, 15) is 4.39 Å². The second kappa shape index (κ2) is 7.27. The molecule has 2 N–H and O–H groups in total. The fraction of sp³-hybridized carbons (Fsp3) is 0.0714. The van der Waals surface area contributed by atoms with Crippen LogP contribution in [0.2, 0.25) is 15.1 Å². The normalized spacial score (nSPS) is 10.3. The first-order chi connectivity index (χ1) is 9.95. The summed E-state index contributed by atoms with van der Waals surface area (Å²) in [5.74, 6) is -0.382. The molecule has 0 aliphatic carbocycles. The van der Waals surface area contributed by atoms with Gasteiger partial charge in [-0.2, -0.15) is 0 Å². The summed E-state index contributed by atoms with van der Waals surface area (Å²) in [4.78, 5) is 0. The van der Waals surface area contributed by atoms with Crippen LogP contribution in [0.15, 0.2) is 36.4 Å². The van der Waals surface area contributed by atoms with Gasteiger partial charge in [0.15, 0.2) is 5.11 Å². The van der Waals surface area contributed by atoms with Crippen molar-refractivity contribution in [1.82, 2.24) is 5.32 Å². The number of anilines is 1. The van der Waals surface area contributed by atoms with Crippen molar-refractivity contribution in [3.8, 4) is 0 Å². The SMILES string of the molecule is Fc1cc(Cl)ccc1CNC(=S)Nc1ccc(Cl)c(Cl)c1. The van der Waals surface area contributed by atoms with Crippen LogP contribution in [0.3, 0.4) is 0 Å². The van der Waals surface area contributed by atoms with E-state index in [1.54, 1.807) is 30.3 Å². The highest BCUT2D eigenvalue weighted by molar-refractivity contribution is 7.80. The van der Waals surface area contributed by atoms with Crippen molar-refractivity contribution in [3.63, 3.8) is 0 Å². The summed E-state index contributed by atoms with van der Waals surface area (Å²) in [5.41, 5.74) is 1.16. The van der Waals surface area contributed by atoms with E-state index < -0.39 is 0 Å². The third kappa shape index (κ3) is 4.71. The molecule has 0 aromatic heterocycles. The van der Waals surface area contributed by atoms with Gasteiger partial charge >= 0.3 is 0 Å². The van der Waals surface area contributed by atoms with Gasteiger partial charge in [0.1, 0.15) is 5.82 Å². The average molecular weight is 364 g/mol. The Morgan fingerprint density at radius 3 is 2.48 bits per heavy atom. The lowest BCUT2D eigenvalue weighted by molar-refractivity contribution is 0.606. The van der Waals surface area contributed by atoms with Crippen LogP contribution >= 0.6 is 47.0 Å². The maximum atomic E-state index is 13.6. The number of hydrogen-bond acceptors (Lipinski definition) is 1. The predicted octanol–water partition coefficient (Wildman–Crippen LogP) is 5.27. The molecule has 0 radical (unpaired) electrons. The van der Waals surface area contributed by atoms with Gasteiger partial charge in [0.05, 0.1) is 10.0 Å². The van der Waals surface area contributed by atoms with Gasteiger partial charge in [0, 0.05) is 22.8 Å². The molecule has 0 bridgehead atoms. The predicted molar refractivity (Wildman–Crippen MR) is 90.9 cm³/mol. The first kappa shape index (κ1) is 16.3. The standard InChI is InChI=1S/C14H10Cl3FN2S/c15-9-2-1-8(13(18)5-9)7-19-14(21)20-10-3-4-11(16)12(17)6-10/h1-6H,7H2,(H2,19,20,21). The molecule has 110 valence electrons. The minimum atomic E-state index is -0.382. The Morgan fingerprint density at radius 2 is 1.81 bits per heavy atom. The second-order valence-corrected chi connectivity index (χ2v) is 5.83. The van der Waals surface area contributed by atoms with Crippen molar-refractivity contribution >= 4 is 57.8 Å². The third-order valence-electron chi connectivity index (χ3n) is 2.63. The van der Waals surface area contributed by atoms with Crippen LogP contribution in [0.4, 0.5) is 10.1 Å². The molecule has 2 aromatic rings. The lowest BCUT2D eigenvalue weighted by atomic mass is 10.2. The Bertz CT molecular complexity index is 679. The first-order valence-corrected chi connectivity index (χ1v) is 7.44. The minimum absolute atomic E-state index is 0.246. The van der Waals surface area contributed by atoms with E-state index in [2.05, 4.69) is 10.6 Å². The largest absolute Gasteiger partial charge is 0.358 e. The van der Waals surface area contributed by atoms with Crippen molar-refractivity contribution in [2.45, 2.75) is 6.54 Å². The molecule has 0 saturated heterocycles. The van der Waals surface area contributed by atoms with E-state index in [1.165, 1.54) is 6.07 Å². The number of nitrogens with one attached hydrogen (secondary N) is 2. The third-order valence-corrected chi connectivity index (χ3v) is 3.85. The summed E-state index contributed by atoms with van der Waals surface area (Å²) in [6, 6.07) is 9.54. The lowest BCUT2D eigenvalue weighted by Gasteiger charge is -2.11. The summed E-state index contributed by atoms with van der Waals surface area (Å²) in [6.45, 7) is 0.246. The first-order valence-electron chi connectivity index (χ1n) is 5.89. The summed E-state index contributed by atoms with van der Waals surface area (Å²) in [5, 5.41) is 7.43. The van der Waals surface area contributed by atoms with Crippen LogP contribution in [0.5, 0.6) is 0 Å². The van der Waals surface area contributed by atoms with Gasteiger partial charge in [-0.25, -0.2) is 4.39 Å². The molecule has 2 rings (SSSR count). The zero-order chi connectivity index (χ0) is 15.4. The van der Waals surface area contributed by atoms with E-state index in [0.717, 1.165) is 0 Å². The maximum absolute atomic E-state index is 13.6. The molecule has 0 amide bonds. The maximum Gasteiger partial charge on any atom is 0.171 e. The van der Waals surface area contributed by atoms with Crippen molar-refractivity contribution in [2.24, 2.45) is 0 Å². The Hall–Kier alpha value is -1.07. The van der Waals surface area contributed by atoms with Crippen LogP contribution in [0.25, 0.3) is 0 Å². The van der Waals surface area contributed by atoms with Crippen molar-refractivity contribution in [1.29, 1.82) is 0 Å². The zero-order valence-electron chi connectivity index (χ0n) is 10.6. The van der Waals surface area contributed by atoms with E-state index in [1.807, 2.05) is 0 Å². The van der Waals surface area contributed by atoms with E-state index >= 15 is 0 Å². The van der Waals surface area contributed by atoms with Gasteiger partial charge in [0.2, 0.25) is 0 Å². The van der Waals surface area contributed by atoms with Crippen molar-refractivity contribution in [3.05, 3.63) is 62.8 Å². The minimum Gasteiger partial charge on any atom is -0.358 e. The fourth-order valence-corrected chi connectivity index (χ4v) is 2.24. The number of rotatable bonds is 3. The summed E-state index contributed by atoms with van der Waals surface area (Å²) in [7, 11) is 0. The van der Waals surface area contributed by atoms with Gasteiger partial charge in [-0.3, -0.25) is 0 Å². The topological polar surface area (TPSA) is 24.1 Å². The molecular formula is C14H10Cl3FN2S. The Labute approximate surface area is 142 Å². The smallest absolute Gasteiger partial charge is 0.171 e. The van der Waals surface area contributed by atoms with Gasteiger partial charge in [-0.15, -0.1) is 0 Å². The molecule has 0 fully saturated rings. The highest BCUT2D eigenvalue weighted by atomic mass is 35.5. The Balaban J connectivity index is 1.94. The van der Waals surface area contributed by atoms with Gasteiger partial charge in [-0.05, 0) is 42.5 Å². The van der Waals surface area contributed by atoms with E-state index in [4.69, 9.17) is 47.0 Å². The average Bonchev–Trinajstić information content (AvgIpc) is 2.42. The molecule has 0 spiro atoms. The molecule has 0 atom stereocenters. The molecule has 0 aliphatic heterocycles. The zero-order valence-corrected chi connectivity index (χ0v) is 13.7. The molecule has 0 saturated carbocycles. The monoisotopic (exact) mass is 362 g/mol. The van der Waals surface area contributed by atoms with Crippen molar-refractivity contribution in [2.75, 3.05) is 5.32 Å². The second-order valence-electron chi connectivity index (χ2n) is 4.17. The Kier molecular flexibility index (Phi) is 5.65. The van der Waals surface area contributed by atoms with Crippen LogP contribution < -0.4 is 10.6 Å². The molecule has 2 nitrogen and oxygen atoms in total.